The van der Waals surface area contributed by atoms with Crippen LogP contribution in [0.4, 0.5) is 0 Å². The van der Waals surface area contributed by atoms with Crippen LogP contribution in [-0.2, 0) is 16.0 Å². The van der Waals surface area contributed by atoms with E-state index in [-0.39, 0.29) is 17.7 Å². The van der Waals surface area contributed by atoms with Gasteiger partial charge in [0, 0.05) is 19.5 Å². The summed E-state index contributed by atoms with van der Waals surface area (Å²) >= 11 is 0. The maximum absolute atomic E-state index is 13.1. The Bertz CT molecular complexity index is 592. The fourth-order valence-corrected chi connectivity index (χ4v) is 3.79. The average molecular weight is 373 g/mol. The Labute approximate surface area is 164 Å². The molecule has 2 rings (SSSR count). The van der Waals surface area contributed by atoms with Crippen molar-refractivity contribution < 1.29 is 9.59 Å². The Morgan fingerprint density at radius 3 is 2.30 bits per heavy atom. The molecule has 1 N–H and O–H groups in total. The zero-order chi connectivity index (χ0) is 19.8. The molecule has 1 aliphatic rings. The van der Waals surface area contributed by atoms with Gasteiger partial charge in [-0.15, -0.1) is 0 Å². The van der Waals surface area contributed by atoms with Crippen LogP contribution in [0.1, 0.15) is 58.9 Å². The molecular formula is C23H36N2O2. The lowest BCUT2D eigenvalue weighted by atomic mass is 9.89. The third-order valence-corrected chi connectivity index (χ3v) is 5.68. The molecule has 0 saturated carbocycles. The molecule has 0 spiro atoms. The average Bonchev–Trinajstić information content (AvgIpc) is 2.66. The van der Waals surface area contributed by atoms with Gasteiger partial charge in [0.2, 0.25) is 11.8 Å². The van der Waals surface area contributed by atoms with E-state index in [0.29, 0.717) is 18.3 Å². The molecule has 27 heavy (non-hydrogen) atoms. The first-order chi connectivity index (χ1) is 12.9. The molecule has 2 atom stereocenters. The van der Waals surface area contributed by atoms with E-state index in [4.69, 9.17) is 0 Å². The molecule has 0 aromatic heterocycles. The van der Waals surface area contributed by atoms with E-state index >= 15 is 0 Å². The van der Waals surface area contributed by atoms with E-state index in [1.807, 2.05) is 24.8 Å². The maximum atomic E-state index is 13.1. The van der Waals surface area contributed by atoms with Gasteiger partial charge in [-0.25, -0.2) is 0 Å². The molecule has 4 heteroatoms. The molecule has 1 aromatic carbocycles. The second kappa shape index (κ2) is 10.5. The minimum Gasteiger partial charge on any atom is -0.344 e. The van der Waals surface area contributed by atoms with Crippen LogP contribution in [0.5, 0.6) is 0 Å². The predicted molar refractivity (Wildman–Crippen MR) is 110 cm³/mol. The van der Waals surface area contributed by atoms with Gasteiger partial charge in [-0.3, -0.25) is 9.59 Å². The number of nitrogens with one attached hydrogen (secondary N) is 1. The molecule has 0 radical (unpaired) electrons. The van der Waals surface area contributed by atoms with Gasteiger partial charge in [-0.1, -0.05) is 64.4 Å². The van der Waals surface area contributed by atoms with E-state index in [9.17, 15) is 9.59 Å². The lowest BCUT2D eigenvalue weighted by Gasteiger charge is -2.36. The Morgan fingerprint density at radius 1 is 1.11 bits per heavy atom. The number of nitrogens with zero attached hydrogens (tertiary/aromatic N) is 1. The van der Waals surface area contributed by atoms with Crippen LogP contribution in [0.15, 0.2) is 30.3 Å². The summed E-state index contributed by atoms with van der Waals surface area (Å²) in [7, 11) is 0. The van der Waals surface area contributed by atoms with Crippen molar-refractivity contribution in [2.24, 2.45) is 17.8 Å². The molecular weight excluding hydrogens is 336 g/mol. The number of hydrogen-bond acceptors (Lipinski definition) is 2. The first kappa shape index (κ1) is 21.5. The van der Waals surface area contributed by atoms with Crippen LogP contribution in [0.2, 0.25) is 0 Å². The van der Waals surface area contributed by atoms with Crippen molar-refractivity contribution in [1.82, 2.24) is 10.2 Å². The van der Waals surface area contributed by atoms with E-state index in [1.165, 1.54) is 5.56 Å². The fraction of sp³-hybridized carbons (Fsp3) is 0.652. The number of hydrogen-bond donors (Lipinski definition) is 1. The largest absolute Gasteiger partial charge is 0.344 e. The Morgan fingerprint density at radius 2 is 1.74 bits per heavy atom. The van der Waals surface area contributed by atoms with Crippen molar-refractivity contribution in [3.8, 4) is 0 Å². The van der Waals surface area contributed by atoms with Crippen LogP contribution < -0.4 is 5.32 Å². The first-order valence-electron chi connectivity index (χ1n) is 10.5. The molecule has 2 unspecified atom stereocenters. The lowest BCUT2D eigenvalue weighted by Crippen LogP contribution is -2.53. The monoisotopic (exact) mass is 372 g/mol. The zero-order valence-corrected chi connectivity index (χ0v) is 17.4. The number of likely N-dealkylation sites (tertiary alicyclic amines) is 1. The van der Waals surface area contributed by atoms with Crippen molar-refractivity contribution in [1.29, 1.82) is 0 Å². The van der Waals surface area contributed by atoms with E-state index in [0.717, 1.165) is 38.8 Å². The lowest BCUT2D eigenvalue weighted by molar-refractivity contribution is -0.139. The molecule has 150 valence electrons. The molecule has 1 saturated heterocycles. The smallest absolute Gasteiger partial charge is 0.245 e. The first-order valence-corrected chi connectivity index (χ1v) is 10.5. The Balaban J connectivity index is 1.91. The number of piperidine rings is 1. The van der Waals surface area contributed by atoms with E-state index in [2.05, 4.69) is 43.4 Å². The van der Waals surface area contributed by atoms with Crippen molar-refractivity contribution in [3.05, 3.63) is 35.9 Å². The van der Waals surface area contributed by atoms with Crippen molar-refractivity contribution in [3.63, 3.8) is 0 Å². The van der Waals surface area contributed by atoms with Gasteiger partial charge in [0.25, 0.3) is 0 Å². The highest BCUT2D eigenvalue weighted by molar-refractivity contribution is 5.88. The third kappa shape index (κ3) is 6.67. The molecule has 4 nitrogen and oxygen atoms in total. The standard InChI is InChI=1S/C23H36N2O2/c1-5-18(4)22(24-21(26)15-17(2)3)23(27)25-13-11-20(12-14-25)16-19-9-7-6-8-10-19/h6-10,17-18,20,22H,5,11-16H2,1-4H3,(H,24,26). The van der Waals surface area contributed by atoms with E-state index in [1.54, 1.807) is 0 Å². The van der Waals surface area contributed by atoms with Gasteiger partial charge in [0.15, 0.2) is 0 Å². The molecule has 0 aliphatic carbocycles. The van der Waals surface area contributed by atoms with Gasteiger partial charge in [-0.2, -0.15) is 0 Å². The summed E-state index contributed by atoms with van der Waals surface area (Å²) in [6.45, 7) is 9.77. The van der Waals surface area contributed by atoms with E-state index < -0.39 is 6.04 Å². The molecule has 1 fully saturated rings. The fourth-order valence-electron chi connectivity index (χ4n) is 3.79. The summed E-state index contributed by atoms with van der Waals surface area (Å²) in [6, 6.07) is 10.2. The summed E-state index contributed by atoms with van der Waals surface area (Å²) in [4.78, 5) is 27.3. The molecule has 1 aliphatic heterocycles. The van der Waals surface area contributed by atoms with Crippen LogP contribution >= 0.6 is 0 Å². The number of amides is 2. The highest BCUT2D eigenvalue weighted by Crippen LogP contribution is 2.23. The minimum absolute atomic E-state index is 0.0115. The second-order valence-corrected chi connectivity index (χ2v) is 8.49. The quantitative estimate of drug-likeness (QED) is 0.748. The number of carbonyl (C=O) groups is 2. The van der Waals surface area contributed by atoms with Gasteiger partial charge in [-0.05, 0) is 42.6 Å². The van der Waals surface area contributed by atoms with Crippen molar-refractivity contribution >= 4 is 11.8 Å². The van der Waals surface area contributed by atoms with Crippen LogP contribution in [0.3, 0.4) is 0 Å². The van der Waals surface area contributed by atoms with Gasteiger partial charge in [0.05, 0.1) is 0 Å². The SMILES string of the molecule is CCC(C)C(NC(=O)CC(C)C)C(=O)N1CCC(Cc2ccccc2)CC1. The van der Waals surface area contributed by atoms with Crippen LogP contribution in [0.25, 0.3) is 0 Å². The number of benzene rings is 1. The highest BCUT2D eigenvalue weighted by Gasteiger charge is 2.32. The summed E-state index contributed by atoms with van der Waals surface area (Å²) < 4.78 is 0. The highest BCUT2D eigenvalue weighted by atomic mass is 16.2. The molecule has 2 amide bonds. The van der Waals surface area contributed by atoms with Crippen molar-refractivity contribution in [2.75, 3.05) is 13.1 Å². The minimum atomic E-state index is -0.396. The topological polar surface area (TPSA) is 49.4 Å². The Hall–Kier alpha value is -1.84. The maximum Gasteiger partial charge on any atom is 0.245 e. The molecule has 1 aromatic rings. The van der Waals surface area contributed by atoms with Crippen LogP contribution in [-0.4, -0.2) is 35.8 Å². The zero-order valence-electron chi connectivity index (χ0n) is 17.4. The summed E-state index contributed by atoms with van der Waals surface area (Å²) in [5.41, 5.74) is 1.38. The number of rotatable bonds is 8. The summed E-state index contributed by atoms with van der Waals surface area (Å²) in [6.07, 6.45) is 4.51. The third-order valence-electron chi connectivity index (χ3n) is 5.68. The predicted octanol–water partition coefficient (Wildman–Crippen LogP) is 4.04. The van der Waals surface area contributed by atoms with Crippen molar-refractivity contribution in [2.45, 2.75) is 65.8 Å². The Kier molecular flexibility index (Phi) is 8.33. The molecule has 0 bridgehead atoms. The molecule has 1 heterocycles. The number of carbonyl (C=O) groups excluding carboxylic acids is 2. The van der Waals surface area contributed by atoms with Gasteiger partial charge >= 0.3 is 0 Å². The summed E-state index contributed by atoms with van der Waals surface area (Å²) in [5.74, 6) is 1.17. The van der Waals surface area contributed by atoms with Gasteiger partial charge in [0.1, 0.15) is 6.04 Å². The second-order valence-electron chi connectivity index (χ2n) is 8.49. The van der Waals surface area contributed by atoms with Crippen LogP contribution in [0, 0.1) is 17.8 Å². The normalized spacial score (nSPS) is 17.6. The summed E-state index contributed by atoms with van der Waals surface area (Å²) in [5, 5.41) is 3.02. The van der Waals surface area contributed by atoms with Gasteiger partial charge < -0.3 is 10.2 Å².